The number of aromatic nitrogens is 2. The van der Waals surface area contributed by atoms with Gasteiger partial charge in [-0.25, -0.2) is 4.98 Å². The molecule has 0 fully saturated rings. The van der Waals surface area contributed by atoms with Gasteiger partial charge in [-0.15, -0.1) is 11.3 Å². The highest BCUT2D eigenvalue weighted by Crippen LogP contribution is 2.16. The van der Waals surface area contributed by atoms with Crippen molar-refractivity contribution >= 4 is 17.3 Å². The van der Waals surface area contributed by atoms with Crippen LogP contribution in [0.2, 0.25) is 0 Å². The lowest BCUT2D eigenvalue weighted by Gasteiger charge is -2.11. The first-order valence-electron chi connectivity index (χ1n) is 7.38. The van der Waals surface area contributed by atoms with Gasteiger partial charge in [0.25, 0.3) is 0 Å². The van der Waals surface area contributed by atoms with Gasteiger partial charge in [-0.05, 0) is 32.9 Å². The highest BCUT2D eigenvalue weighted by molar-refractivity contribution is 7.11. The largest absolute Gasteiger partial charge is 0.356 e. The molecule has 118 valence electrons. The maximum absolute atomic E-state index is 4.54. The van der Waals surface area contributed by atoms with Crippen molar-refractivity contribution in [2.24, 2.45) is 4.99 Å². The molecule has 0 saturated heterocycles. The minimum absolute atomic E-state index is 0.664. The van der Waals surface area contributed by atoms with Crippen LogP contribution in [0, 0.1) is 20.8 Å². The summed E-state index contributed by atoms with van der Waals surface area (Å²) < 4.78 is 0. The van der Waals surface area contributed by atoms with Crippen LogP contribution in [0.5, 0.6) is 0 Å². The molecular formula is C16H23N5S. The molecule has 0 amide bonds. The molecule has 0 bridgehead atoms. The lowest BCUT2D eigenvalue weighted by Crippen LogP contribution is -2.38. The first-order valence-corrected chi connectivity index (χ1v) is 8.20. The topological polar surface area (TPSA) is 62.2 Å². The monoisotopic (exact) mass is 317 g/mol. The third-order valence-electron chi connectivity index (χ3n) is 3.31. The minimum atomic E-state index is 0.664. The van der Waals surface area contributed by atoms with Crippen LogP contribution in [-0.4, -0.2) is 29.5 Å². The molecule has 5 nitrogen and oxygen atoms in total. The van der Waals surface area contributed by atoms with Crippen LogP contribution in [0.15, 0.2) is 23.2 Å². The van der Waals surface area contributed by atoms with Gasteiger partial charge in [0.15, 0.2) is 5.96 Å². The fourth-order valence-corrected chi connectivity index (χ4v) is 2.96. The van der Waals surface area contributed by atoms with Crippen molar-refractivity contribution < 1.29 is 0 Å². The Labute approximate surface area is 135 Å². The lowest BCUT2D eigenvalue weighted by molar-refractivity contribution is 0.778. The number of nitrogens with one attached hydrogen (secondary N) is 2. The zero-order valence-corrected chi connectivity index (χ0v) is 14.4. The lowest BCUT2D eigenvalue weighted by atomic mass is 10.3. The minimum Gasteiger partial charge on any atom is -0.356 e. The molecule has 2 heterocycles. The van der Waals surface area contributed by atoms with Crippen molar-refractivity contribution in [3.8, 4) is 0 Å². The molecule has 6 heteroatoms. The number of hydrogen-bond donors (Lipinski definition) is 2. The first-order chi connectivity index (χ1) is 10.6. The fraction of sp³-hybridized carbons (Fsp3) is 0.438. The predicted molar refractivity (Wildman–Crippen MR) is 92.5 cm³/mol. The summed E-state index contributed by atoms with van der Waals surface area (Å²) in [5.74, 6) is 0.785. The number of aliphatic imine (C=N–C) groups is 1. The van der Waals surface area contributed by atoms with Gasteiger partial charge in [0.05, 0.1) is 22.9 Å². The quantitative estimate of drug-likeness (QED) is 0.656. The molecule has 22 heavy (non-hydrogen) atoms. The van der Waals surface area contributed by atoms with Gasteiger partial charge in [-0.3, -0.25) is 9.98 Å². The summed E-state index contributed by atoms with van der Waals surface area (Å²) >= 11 is 1.76. The number of guanidine groups is 1. The molecule has 0 aliphatic heterocycles. The highest BCUT2D eigenvalue weighted by atomic mass is 32.1. The van der Waals surface area contributed by atoms with Crippen LogP contribution in [-0.2, 0) is 13.0 Å². The number of pyridine rings is 1. The maximum Gasteiger partial charge on any atom is 0.191 e. The van der Waals surface area contributed by atoms with E-state index in [9.17, 15) is 0 Å². The normalized spacial score (nSPS) is 11.5. The van der Waals surface area contributed by atoms with E-state index in [-0.39, 0.29) is 0 Å². The zero-order valence-electron chi connectivity index (χ0n) is 13.6. The summed E-state index contributed by atoms with van der Waals surface area (Å²) in [5, 5.41) is 7.75. The van der Waals surface area contributed by atoms with E-state index in [1.54, 1.807) is 18.4 Å². The fourth-order valence-electron chi connectivity index (χ4n) is 2.03. The number of thiazole rings is 1. The molecule has 0 aliphatic carbocycles. The second-order valence-corrected chi connectivity index (χ2v) is 6.41. The van der Waals surface area contributed by atoms with E-state index in [1.165, 1.54) is 9.88 Å². The van der Waals surface area contributed by atoms with Crippen LogP contribution >= 0.6 is 11.3 Å². The maximum atomic E-state index is 4.54. The van der Waals surface area contributed by atoms with E-state index in [4.69, 9.17) is 0 Å². The molecular weight excluding hydrogens is 294 g/mol. The van der Waals surface area contributed by atoms with Gasteiger partial charge in [0, 0.05) is 30.6 Å². The predicted octanol–water partition coefficient (Wildman–Crippen LogP) is 2.37. The summed E-state index contributed by atoms with van der Waals surface area (Å²) in [6.07, 6.45) is 0.905. The SMILES string of the molecule is CN=C(NCCc1nc(C)c(C)s1)NCc1cccc(C)n1. The average Bonchev–Trinajstić information content (AvgIpc) is 2.81. The Morgan fingerprint density at radius 1 is 1.18 bits per heavy atom. The second kappa shape index (κ2) is 7.89. The zero-order chi connectivity index (χ0) is 15.9. The van der Waals surface area contributed by atoms with E-state index in [0.29, 0.717) is 6.54 Å². The summed E-state index contributed by atoms with van der Waals surface area (Å²) in [7, 11) is 1.77. The molecule has 0 aromatic carbocycles. The molecule has 0 radical (unpaired) electrons. The van der Waals surface area contributed by atoms with Crippen molar-refractivity contribution in [3.05, 3.63) is 45.2 Å². The van der Waals surface area contributed by atoms with E-state index >= 15 is 0 Å². The van der Waals surface area contributed by atoms with Crippen molar-refractivity contribution in [2.75, 3.05) is 13.6 Å². The van der Waals surface area contributed by atoms with E-state index in [1.807, 2.05) is 25.1 Å². The molecule has 0 saturated carbocycles. The average molecular weight is 317 g/mol. The molecule has 2 aromatic heterocycles. The van der Waals surface area contributed by atoms with E-state index in [2.05, 4.69) is 39.4 Å². The Balaban J connectivity index is 1.78. The van der Waals surface area contributed by atoms with Crippen molar-refractivity contribution in [1.82, 2.24) is 20.6 Å². The van der Waals surface area contributed by atoms with Crippen LogP contribution in [0.4, 0.5) is 0 Å². The van der Waals surface area contributed by atoms with Gasteiger partial charge in [0.2, 0.25) is 0 Å². The third kappa shape index (κ3) is 4.80. The number of hydrogen-bond acceptors (Lipinski definition) is 4. The summed E-state index contributed by atoms with van der Waals surface area (Å²) in [6.45, 7) is 7.63. The molecule has 2 rings (SSSR count). The summed E-state index contributed by atoms with van der Waals surface area (Å²) in [6, 6.07) is 6.02. The second-order valence-electron chi connectivity index (χ2n) is 5.12. The molecule has 0 atom stereocenters. The van der Waals surface area contributed by atoms with Crippen LogP contribution in [0.3, 0.4) is 0 Å². The highest BCUT2D eigenvalue weighted by Gasteiger charge is 2.04. The Kier molecular flexibility index (Phi) is 5.89. The van der Waals surface area contributed by atoms with Crippen molar-refractivity contribution in [1.29, 1.82) is 0 Å². The molecule has 2 aromatic rings. The van der Waals surface area contributed by atoms with Crippen molar-refractivity contribution in [3.63, 3.8) is 0 Å². The molecule has 0 unspecified atom stereocenters. The van der Waals surface area contributed by atoms with Gasteiger partial charge in [0.1, 0.15) is 0 Å². The number of rotatable bonds is 5. The third-order valence-corrected chi connectivity index (χ3v) is 4.44. The smallest absolute Gasteiger partial charge is 0.191 e. The molecule has 2 N–H and O–H groups in total. The number of nitrogens with zero attached hydrogens (tertiary/aromatic N) is 3. The van der Waals surface area contributed by atoms with Crippen molar-refractivity contribution in [2.45, 2.75) is 33.7 Å². The van der Waals surface area contributed by atoms with E-state index < -0.39 is 0 Å². The van der Waals surface area contributed by atoms with Crippen LogP contribution in [0.1, 0.15) is 27.0 Å². The number of aryl methyl sites for hydroxylation is 3. The first kappa shape index (κ1) is 16.4. The van der Waals surface area contributed by atoms with E-state index in [0.717, 1.165) is 36.0 Å². The summed E-state index contributed by atoms with van der Waals surface area (Å²) in [4.78, 5) is 14.5. The Bertz CT molecular complexity index is 628. The van der Waals surface area contributed by atoms with Gasteiger partial charge < -0.3 is 10.6 Å². The van der Waals surface area contributed by atoms with Crippen LogP contribution in [0.25, 0.3) is 0 Å². The van der Waals surface area contributed by atoms with Gasteiger partial charge in [-0.1, -0.05) is 6.07 Å². The van der Waals surface area contributed by atoms with Gasteiger partial charge in [-0.2, -0.15) is 0 Å². The van der Waals surface area contributed by atoms with Crippen LogP contribution < -0.4 is 10.6 Å². The molecule has 0 aliphatic rings. The molecule has 0 spiro atoms. The Morgan fingerprint density at radius 3 is 2.64 bits per heavy atom. The summed E-state index contributed by atoms with van der Waals surface area (Å²) in [5.41, 5.74) is 3.17. The van der Waals surface area contributed by atoms with Gasteiger partial charge >= 0.3 is 0 Å². The Hall–Kier alpha value is -1.95. The Morgan fingerprint density at radius 2 is 2.00 bits per heavy atom. The standard InChI is InChI=1S/C16H23N5S/c1-11-6-5-7-14(20-11)10-19-16(17-4)18-9-8-15-21-12(2)13(3)22-15/h5-7H,8-10H2,1-4H3,(H2,17,18,19).